The number of nitrogens with zero attached hydrogens (tertiary/aromatic N) is 6. The van der Waals surface area contributed by atoms with E-state index < -0.39 is 23.3 Å². The fourth-order valence-electron chi connectivity index (χ4n) is 6.02. The lowest BCUT2D eigenvalue weighted by molar-refractivity contribution is 0.107. The number of aryl methyl sites for hydroxylation is 1. The number of alkyl halides is 1. The molecule has 0 aromatic carbocycles. The van der Waals surface area contributed by atoms with Crippen molar-refractivity contribution in [1.29, 1.82) is 0 Å². The van der Waals surface area contributed by atoms with Crippen molar-refractivity contribution in [2.24, 2.45) is 0 Å². The Bertz CT molecular complexity index is 1340. The number of hydrogen-bond donors (Lipinski definition) is 1. The minimum Gasteiger partial charge on any atom is -0.461 e. The van der Waals surface area contributed by atoms with Crippen LogP contribution >= 0.6 is 0 Å². The van der Waals surface area contributed by atoms with E-state index in [1.807, 2.05) is 11.9 Å². The second-order valence-corrected chi connectivity index (χ2v) is 10.4. The van der Waals surface area contributed by atoms with Crippen LogP contribution in [-0.4, -0.2) is 82.4 Å². The molecule has 3 atom stereocenters. The Morgan fingerprint density at radius 1 is 1.22 bits per heavy atom. The molecule has 196 valence electrons. The van der Waals surface area contributed by atoms with Crippen molar-refractivity contribution >= 4 is 16.7 Å². The third kappa shape index (κ3) is 4.27. The Labute approximate surface area is 213 Å². The number of ether oxygens (including phenoxy) is 1. The van der Waals surface area contributed by atoms with Gasteiger partial charge in [-0.25, -0.2) is 18.2 Å². The molecule has 0 amide bonds. The minimum atomic E-state index is -0.888. The first-order valence-electron chi connectivity index (χ1n) is 12.8. The summed E-state index contributed by atoms with van der Waals surface area (Å²) < 4.78 is 50.9. The Balaban J connectivity index is 1.43. The van der Waals surface area contributed by atoms with Crippen LogP contribution in [0.15, 0.2) is 18.3 Å². The molecule has 6 rings (SSSR count). The molecule has 3 aromatic rings. The van der Waals surface area contributed by atoms with Crippen LogP contribution in [0.5, 0.6) is 6.01 Å². The molecule has 3 saturated heterocycles. The molecule has 1 N–H and O–H groups in total. The van der Waals surface area contributed by atoms with Gasteiger partial charge >= 0.3 is 6.01 Å². The molecule has 3 fully saturated rings. The summed E-state index contributed by atoms with van der Waals surface area (Å²) >= 11 is 0. The molecule has 0 bridgehead atoms. The Morgan fingerprint density at radius 3 is 2.89 bits per heavy atom. The van der Waals surface area contributed by atoms with Crippen molar-refractivity contribution in [3.05, 3.63) is 35.7 Å². The van der Waals surface area contributed by atoms with E-state index in [9.17, 15) is 8.78 Å². The van der Waals surface area contributed by atoms with Gasteiger partial charge in [-0.15, -0.1) is 0 Å². The van der Waals surface area contributed by atoms with E-state index in [2.05, 4.69) is 30.2 Å². The van der Waals surface area contributed by atoms with Crippen molar-refractivity contribution < 1.29 is 17.9 Å². The standard InChI is InChI=1S/C26H30F3N7O/c1-15-4-5-19(28)22(32-15)23-20(29)21-18(12-31-23)24(35(2)17-6-8-30-11-17)34-25(33-21)37-14-26-7-3-9-36(26)13-16(27)10-26/h4-5,12,16-17,30H,3,6-11,13-14H2,1-2H3/t16-,17-,26+/m1/s1. The van der Waals surface area contributed by atoms with Gasteiger partial charge in [0.05, 0.1) is 10.9 Å². The quantitative estimate of drug-likeness (QED) is 0.537. The van der Waals surface area contributed by atoms with Gasteiger partial charge < -0.3 is 15.0 Å². The maximum Gasteiger partial charge on any atom is 0.319 e. The molecule has 3 aliphatic rings. The molecule has 3 aliphatic heterocycles. The average Bonchev–Trinajstić information content (AvgIpc) is 3.61. The van der Waals surface area contributed by atoms with Gasteiger partial charge in [0, 0.05) is 44.5 Å². The van der Waals surface area contributed by atoms with Gasteiger partial charge in [0.1, 0.15) is 35.5 Å². The maximum atomic E-state index is 16.0. The largest absolute Gasteiger partial charge is 0.461 e. The van der Waals surface area contributed by atoms with Crippen molar-refractivity contribution in [2.75, 3.05) is 44.7 Å². The third-order valence-electron chi connectivity index (χ3n) is 8.00. The summed E-state index contributed by atoms with van der Waals surface area (Å²) in [6.45, 7) is 4.81. The number of likely N-dealkylation sites (N-methyl/N-ethyl adjacent to an activating group) is 1. The van der Waals surface area contributed by atoms with E-state index in [-0.39, 0.29) is 35.6 Å². The van der Waals surface area contributed by atoms with E-state index in [0.717, 1.165) is 38.9 Å². The molecule has 0 spiro atoms. The number of halogens is 3. The van der Waals surface area contributed by atoms with Gasteiger partial charge in [-0.05, 0) is 51.4 Å². The number of nitrogens with one attached hydrogen (secondary N) is 1. The van der Waals surface area contributed by atoms with E-state index in [1.165, 1.54) is 18.3 Å². The van der Waals surface area contributed by atoms with Crippen LogP contribution in [0.2, 0.25) is 0 Å². The molecule has 11 heteroatoms. The van der Waals surface area contributed by atoms with Crippen molar-refractivity contribution in [3.8, 4) is 17.4 Å². The van der Waals surface area contributed by atoms with Crippen LogP contribution in [0.4, 0.5) is 19.0 Å². The number of anilines is 1. The summed E-state index contributed by atoms with van der Waals surface area (Å²) in [4.78, 5) is 21.6. The maximum absolute atomic E-state index is 16.0. The van der Waals surface area contributed by atoms with E-state index in [4.69, 9.17) is 4.74 Å². The minimum absolute atomic E-state index is 0.0116. The van der Waals surface area contributed by atoms with E-state index in [1.54, 1.807) is 6.92 Å². The lowest BCUT2D eigenvalue weighted by Gasteiger charge is -2.31. The summed E-state index contributed by atoms with van der Waals surface area (Å²) in [6.07, 6.45) is 3.71. The van der Waals surface area contributed by atoms with Crippen LogP contribution in [0, 0.1) is 18.6 Å². The highest BCUT2D eigenvalue weighted by molar-refractivity contribution is 5.91. The number of pyridine rings is 2. The molecule has 6 heterocycles. The van der Waals surface area contributed by atoms with Gasteiger partial charge in [-0.2, -0.15) is 9.97 Å². The van der Waals surface area contributed by atoms with Crippen molar-refractivity contribution in [3.63, 3.8) is 0 Å². The van der Waals surface area contributed by atoms with Gasteiger partial charge in [0.25, 0.3) is 0 Å². The molecule has 3 aromatic heterocycles. The molecule has 37 heavy (non-hydrogen) atoms. The highest BCUT2D eigenvalue weighted by Gasteiger charge is 2.49. The molecule has 0 aliphatic carbocycles. The van der Waals surface area contributed by atoms with Gasteiger partial charge in [0.2, 0.25) is 0 Å². The summed E-state index contributed by atoms with van der Waals surface area (Å²) in [5.41, 5.74) is -0.250. The highest BCUT2D eigenvalue weighted by atomic mass is 19.1. The topological polar surface area (TPSA) is 79.3 Å². The fraction of sp³-hybridized carbons (Fsp3) is 0.538. The van der Waals surface area contributed by atoms with E-state index >= 15 is 4.39 Å². The average molecular weight is 514 g/mol. The predicted molar refractivity (Wildman–Crippen MR) is 133 cm³/mol. The monoisotopic (exact) mass is 513 g/mol. The van der Waals surface area contributed by atoms with Crippen molar-refractivity contribution in [1.82, 2.24) is 30.2 Å². The zero-order chi connectivity index (χ0) is 25.7. The molecular weight excluding hydrogens is 483 g/mol. The molecule has 0 unspecified atom stereocenters. The Morgan fingerprint density at radius 2 is 2.08 bits per heavy atom. The van der Waals surface area contributed by atoms with Gasteiger partial charge in [-0.3, -0.25) is 9.88 Å². The smallest absolute Gasteiger partial charge is 0.319 e. The first-order valence-corrected chi connectivity index (χ1v) is 12.8. The SMILES string of the molecule is Cc1ccc(F)c(-c2ncc3c(N(C)[C@@H]4CCNC4)nc(OC[C@@]45CCCN4C[C@H](F)C5)nc3c2F)n1. The molecule has 0 saturated carbocycles. The molecule has 0 radical (unpaired) electrons. The molecular formula is C26H30F3N7O. The zero-order valence-corrected chi connectivity index (χ0v) is 21.0. The van der Waals surface area contributed by atoms with Gasteiger partial charge in [0.15, 0.2) is 11.6 Å². The zero-order valence-electron chi connectivity index (χ0n) is 21.0. The number of fused-ring (bicyclic) bond motifs is 2. The number of hydrogen-bond acceptors (Lipinski definition) is 8. The van der Waals surface area contributed by atoms with Crippen LogP contribution in [0.25, 0.3) is 22.3 Å². The second kappa shape index (κ2) is 9.36. The summed E-state index contributed by atoms with van der Waals surface area (Å²) in [5.74, 6) is -0.968. The Kier molecular flexibility index (Phi) is 6.15. The number of aromatic nitrogens is 4. The predicted octanol–water partition coefficient (Wildman–Crippen LogP) is 3.43. The van der Waals surface area contributed by atoms with Crippen LogP contribution in [-0.2, 0) is 0 Å². The van der Waals surface area contributed by atoms with Crippen molar-refractivity contribution in [2.45, 2.75) is 50.4 Å². The van der Waals surface area contributed by atoms with E-state index in [0.29, 0.717) is 29.9 Å². The highest BCUT2D eigenvalue weighted by Crippen LogP contribution is 2.40. The Hall–Kier alpha value is -3.05. The third-order valence-corrected chi connectivity index (χ3v) is 8.00. The summed E-state index contributed by atoms with van der Waals surface area (Å²) in [7, 11) is 1.90. The van der Waals surface area contributed by atoms with Crippen LogP contribution in [0.1, 0.15) is 31.4 Å². The lowest BCUT2D eigenvalue weighted by Crippen LogP contribution is -2.43. The van der Waals surface area contributed by atoms with Gasteiger partial charge in [-0.1, -0.05) is 0 Å². The first-order chi connectivity index (χ1) is 17.8. The molecule has 8 nitrogen and oxygen atoms in total. The normalized spacial score (nSPS) is 25.6. The summed E-state index contributed by atoms with van der Waals surface area (Å²) in [5, 5.41) is 3.74. The van der Waals surface area contributed by atoms with Crippen LogP contribution < -0.4 is 15.0 Å². The first kappa shape index (κ1) is 24.3. The fourth-order valence-corrected chi connectivity index (χ4v) is 6.02. The lowest BCUT2D eigenvalue weighted by atomic mass is 9.95. The van der Waals surface area contributed by atoms with Crippen LogP contribution in [0.3, 0.4) is 0 Å². The number of rotatable bonds is 6. The second-order valence-electron chi connectivity index (χ2n) is 10.4. The summed E-state index contributed by atoms with van der Waals surface area (Å²) in [6, 6.07) is 2.93.